The van der Waals surface area contributed by atoms with E-state index in [1.807, 2.05) is 0 Å². The van der Waals surface area contributed by atoms with Crippen LogP contribution in [0, 0.1) is 10.1 Å². The molecule has 0 bridgehead atoms. The Morgan fingerprint density at radius 2 is 1.67 bits per heavy atom. The van der Waals surface area contributed by atoms with Crippen molar-refractivity contribution in [2.24, 2.45) is 5.73 Å². The standard InChI is InChI=1S/C32H39N3O13/c1-6-12-46-29(37)10-8-13-45-28-17-24(35(40)41)23(16-27(28)44-5)30(48-32(33)39)21-14-25(42-3)26(43-4)15-22(21)31(38)34-11-7-9-20(34)18-47-19(2)36/h6,14-17,20,30H,1,7-13,18H2,2-5H3,(H2,33,39). The van der Waals surface area contributed by atoms with E-state index in [9.17, 15) is 29.3 Å². The van der Waals surface area contributed by atoms with Crippen LogP contribution in [-0.2, 0) is 23.8 Å². The Kier molecular flexibility index (Phi) is 13.4. The maximum atomic E-state index is 14.2. The average molecular weight is 674 g/mol. The second-order valence-corrected chi connectivity index (χ2v) is 10.5. The minimum Gasteiger partial charge on any atom is -0.493 e. The van der Waals surface area contributed by atoms with E-state index in [2.05, 4.69) is 6.58 Å². The molecule has 1 fully saturated rings. The largest absolute Gasteiger partial charge is 0.493 e. The molecule has 2 aromatic carbocycles. The molecular weight excluding hydrogens is 634 g/mol. The van der Waals surface area contributed by atoms with Crippen LogP contribution in [0.2, 0.25) is 0 Å². The number of hydrogen-bond donors (Lipinski definition) is 1. The molecule has 2 aromatic rings. The van der Waals surface area contributed by atoms with Crippen LogP contribution >= 0.6 is 0 Å². The Bertz CT molecular complexity index is 1530. The molecule has 3 rings (SSSR count). The number of benzene rings is 2. The van der Waals surface area contributed by atoms with Gasteiger partial charge in [-0.15, -0.1) is 0 Å². The molecule has 0 radical (unpaired) electrons. The summed E-state index contributed by atoms with van der Waals surface area (Å²) in [6.07, 6.45) is -0.0403. The molecule has 1 saturated heterocycles. The number of nitro benzene ring substituents is 1. The van der Waals surface area contributed by atoms with Crippen molar-refractivity contribution in [1.82, 2.24) is 4.90 Å². The summed E-state index contributed by atoms with van der Waals surface area (Å²) in [7, 11) is 4.01. The number of nitrogens with two attached hydrogens (primary N) is 1. The van der Waals surface area contributed by atoms with Crippen molar-refractivity contribution in [3.05, 3.63) is 63.7 Å². The predicted molar refractivity (Wildman–Crippen MR) is 168 cm³/mol. The van der Waals surface area contributed by atoms with Gasteiger partial charge < -0.3 is 43.8 Å². The smallest absolute Gasteiger partial charge is 0.405 e. The fraction of sp³-hybridized carbons (Fsp3) is 0.438. The molecule has 2 unspecified atom stereocenters. The molecule has 0 aliphatic carbocycles. The van der Waals surface area contributed by atoms with Gasteiger partial charge in [0.15, 0.2) is 29.1 Å². The van der Waals surface area contributed by atoms with E-state index in [0.717, 1.165) is 6.07 Å². The maximum Gasteiger partial charge on any atom is 0.405 e. The highest BCUT2D eigenvalue weighted by atomic mass is 16.6. The predicted octanol–water partition coefficient (Wildman–Crippen LogP) is 3.86. The Morgan fingerprint density at radius 1 is 1.02 bits per heavy atom. The number of rotatable bonds is 17. The van der Waals surface area contributed by atoms with Gasteiger partial charge in [-0.05, 0) is 37.5 Å². The number of nitro groups is 1. The van der Waals surface area contributed by atoms with Crippen molar-refractivity contribution in [2.75, 3.05) is 47.7 Å². The molecule has 1 heterocycles. The lowest BCUT2D eigenvalue weighted by Gasteiger charge is -2.28. The lowest BCUT2D eigenvalue weighted by molar-refractivity contribution is -0.386. The second-order valence-electron chi connectivity index (χ2n) is 10.5. The summed E-state index contributed by atoms with van der Waals surface area (Å²) in [5.74, 6) is -1.24. The quantitative estimate of drug-likeness (QED) is 0.0633. The summed E-state index contributed by atoms with van der Waals surface area (Å²) in [4.78, 5) is 63.0. The lowest BCUT2D eigenvalue weighted by atomic mass is 9.93. The first-order chi connectivity index (χ1) is 22.9. The van der Waals surface area contributed by atoms with E-state index in [4.69, 9.17) is 38.9 Å². The molecule has 260 valence electrons. The second kappa shape index (κ2) is 17.4. The van der Waals surface area contributed by atoms with Crippen LogP contribution < -0.4 is 24.7 Å². The van der Waals surface area contributed by atoms with E-state index in [1.54, 1.807) is 0 Å². The summed E-state index contributed by atoms with van der Waals surface area (Å²) in [5.41, 5.74) is 4.67. The SMILES string of the molecule is C=CCOC(=O)CCCOc1cc([N+](=O)[O-])c(C(OC(N)=O)c2cc(OC)c(OC)cc2C(=O)N2CCCC2COC(C)=O)cc1OC. The Hall–Kier alpha value is -5.54. The zero-order valence-corrected chi connectivity index (χ0v) is 27.2. The average Bonchev–Trinajstić information content (AvgIpc) is 3.54. The van der Waals surface area contributed by atoms with Crippen LogP contribution in [0.3, 0.4) is 0 Å². The number of amides is 2. The summed E-state index contributed by atoms with van der Waals surface area (Å²) >= 11 is 0. The number of esters is 2. The van der Waals surface area contributed by atoms with E-state index in [0.29, 0.717) is 19.4 Å². The summed E-state index contributed by atoms with van der Waals surface area (Å²) in [6, 6.07) is 4.61. The first-order valence-corrected chi connectivity index (χ1v) is 14.9. The topological polar surface area (TPSA) is 205 Å². The van der Waals surface area contributed by atoms with Gasteiger partial charge in [0.25, 0.3) is 11.6 Å². The minimum absolute atomic E-state index is 0.00792. The molecule has 16 heteroatoms. The van der Waals surface area contributed by atoms with E-state index in [1.165, 1.54) is 57.4 Å². The maximum absolute atomic E-state index is 14.2. The molecule has 1 aliphatic heterocycles. The minimum atomic E-state index is -1.63. The fourth-order valence-electron chi connectivity index (χ4n) is 5.18. The van der Waals surface area contributed by atoms with Crippen LogP contribution in [-0.4, -0.2) is 87.5 Å². The van der Waals surface area contributed by atoms with Crippen LogP contribution in [0.1, 0.15) is 60.2 Å². The molecule has 2 amide bonds. The van der Waals surface area contributed by atoms with Gasteiger partial charge in [0.2, 0.25) is 0 Å². The van der Waals surface area contributed by atoms with Crippen LogP contribution in [0.15, 0.2) is 36.9 Å². The van der Waals surface area contributed by atoms with E-state index >= 15 is 0 Å². The van der Waals surface area contributed by atoms with Gasteiger partial charge >= 0.3 is 18.0 Å². The van der Waals surface area contributed by atoms with Crippen molar-refractivity contribution in [3.8, 4) is 23.0 Å². The molecule has 0 aromatic heterocycles. The zero-order chi connectivity index (χ0) is 35.4. The molecule has 2 atom stereocenters. The van der Waals surface area contributed by atoms with Gasteiger partial charge in [-0.1, -0.05) is 12.7 Å². The van der Waals surface area contributed by atoms with Crippen molar-refractivity contribution in [3.63, 3.8) is 0 Å². The molecule has 0 spiro atoms. The number of methoxy groups -OCH3 is 3. The molecule has 2 N–H and O–H groups in total. The van der Waals surface area contributed by atoms with Gasteiger partial charge in [0.1, 0.15) is 13.2 Å². The van der Waals surface area contributed by atoms with Crippen LogP contribution in [0.25, 0.3) is 0 Å². The summed E-state index contributed by atoms with van der Waals surface area (Å²) in [5, 5.41) is 12.4. The number of carbonyl (C=O) groups excluding carboxylic acids is 4. The third-order valence-corrected chi connectivity index (χ3v) is 7.36. The first kappa shape index (κ1) is 36.9. The third kappa shape index (κ3) is 9.27. The summed E-state index contributed by atoms with van der Waals surface area (Å²) in [6.45, 7) is 5.07. The van der Waals surface area contributed by atoms with Gasteiger partial charge in [0.05, 0.1) is 56.1 Å². The molecule has 0 saturated carbocycles. The molecular formula is C32H39N3O13. The Balaban J connectivity index is 2.13. The Morgan fingerprint density at radius 3 is 2.27 bits per heavy atom. The van der Waals surface area contributed by atoms with Gasteiger partial charge in [-0.2, -0.15) is 0 Å². The van der Waals surface area contributed by atoms with Crippen molar-refractivity contribution in [1.29, 1.82) is 0 Å². The highest BCUT2D eigenvalue weighted by Gasteiger charge is 2.37. The van der Waals surface area contributed by atoms with Crippen molar-refractivity contribution in [2.45, 2.75) is 44.8 Å². The normalized spacial score (nSPS) is 14.3. The highest BCUT2D eigenvalue weighted by Crippen LogP contribution is 2.44. The number of carbonyl (C=O) groups is 4. The van der Waals surface area contributed by atoms with Crippen LogP contribution in [0.5, 0.6) is 23.0 Å². The Labute approximate surface area is 276 Å². The molecule has 48 heavy (non-hydrogen) atoms. The van der Waals surface area contributed by atoms with E-state index in [-0.39, 0.29) is 72.4 Å². The van der Waals surface area contributed by atoms with Gasteiger partial charge in [-0.25, -0.2) is 4.79 Å². The number of nitrogens with zero attached hydrogens (tertiary/aromatic N) is 2. The lowest BCUT2D eigenvalue weighted by Crippen LogP contribution is -2.39. The third-order valence-electron chi connectivity index (χ3n) is 7.36. The zero-order valence-electron chi connectivity index (χ0n) is 27.2. The van der Waals surface area contributed by atoms with Crippen molar-refractivity contribution >= 4 is 29.6 Å². The first-order valence-electron chi connectivity index (χ1n) is 14.9. The number of likely N-dealkylation sites (tertiary alicyclic amines) is 1. The number of primary amides is 1. The number of ether oxygens (including phenoxy) is 7. The van der Waals surface area contributed by atoms with Crippen LogP contribution in [0.4, 0.5) is 10.5 Å². The van der Waals surface area contributed by atoms with Crippen molar-refractivity contribution < 1.29 is 57.3 Å². The van der Waals surface area contributed by atoms with E-state index < -0.39 is 46.7 Å². The summed E-state index contributed by atoms with van der Waals surface area (Å²) < 4.78 is 37.7. The molecule has 16 nitrogen and oxygen atoms in total. The van der Waals surface area contributed by atoms with Gasteiger partial charge in [0, 0.05) is 25.5 Å². The fourth-order valence-corrected chi connectivity index (χ4v) is 5.18. The highest BCUT2D eigenvalue weighted by molar-refractivity contribution is 5.97. The monoisotopic (exact) mass is 673 g/mol. The molecule has 1 aliphatic rings. The number of hydrogen-bond acceptors (Lipinski definition) is 13. The van der Waals surface area contributed by atoms with Gasteiger partial charge in [-0.3, -0.25) is 24.5 Å².